The predicted molar refractivity (Wildman–Crippen MR) is 49.9 cm³/mol. The monoisotopic (exact) mass is 179 g/mol. The Bertz CT molecular complexity index is 266. The van der Waals surface area contributed by atoms with Gasteiger partial charge in [-0.3, -0.25) is 9.89 Å². The van der Waals surface area contributed by atoms with Crippen molar-refractivity contribution in [2.75, 3.05) is 0 Å². The highest BCUT2D eigenvalue weighted by molar-refractivity contribution is 5.75. The summed E-state index contributed by atoms with van der Waals surface area (Å²) in [6, 6.07) is 1.83. The molecule has 0 spiro atoms. The molecule has 0 unspecified atom stereocenters. The summed E-state index contributed by atoms with van der Waals surface area (Å²) in [5.74, 6) is 0.0366. The highest BCUT2D eigenvalue weighted by Gasteiger charge is 1.99. The van der Waals surface area contributed by atoms with Crippen molar-refractivity contribution < 1.29 is 4.79 Å². The lowest BCUT2D eigenvalue weighted by Crippen LogP contribution is -2.22. The summed E-state index contributed by atoms with van der Waals surface area (Å²) in [6.07, 6.45) is 4.60. The van der Waals surface area contributed by atoms with E-state index in [9.17, 15) is 4.79 Å². The van der Waals surface area contributed by atoms with Crippen LogP contribution in [0.5, 0.6) is 0 Å². The number of aromatic nitrogens is 2. The average molecular weight is 179 g/mol. The van der Waals surface area contributed by atoms with Crippen LogP contribution in [0.2, 0.25) is 0 Å². The van der Waals surface area contributed by atoms with Crippen molar-refractivity contribution in [3.63, 3.8) is 0 Å². The number of aromatic amines is 1. The maximum atomic E-state index is 11.1. The van der Waals surface area contributed by atoms with E-state index in [-0.39, 0.29) is 5.91 Å². The Kier molecular flexibility index (Phi) is 3.75. The maximum Gasteiger partial charge on any atom is 0.220 e. The average Bonchev–Trinajstić information content (AvgIpc) is 2.64. The first kappa shape index (κ1) is 9.51. The largest absolute Gasteiger partial charge is 0.350 e. The molecule has 1 aromatic heterocycles. The Morgan fingerprint density at radius 2 is 2.62 bits per heavy atom. The smallest absolute Gasteiger partial charge is 0.220 e. The third-order valence-electron chi connectivity index (χ3n) is 1.61. The van der Waals surface area contributed by atoms with Crippen LogP contribution < -0.4 is 5.32 Å². The van der Waals surface area contributed by atoms with E-state index in [1.54, 1.807) is 12.3 Å². The number of H-pyrrole nitrogens is 1. The summed E-state index contributed by atoms with van der Waals surface area (Å²) in [4.78, 5) is 11.1. The van der Waals surface area contributed by atoms with E-state index in [2.05, 4.69) is 22.1 Å². The molecule has 0 aliphatic heterocycles. The van der Waals surface area contributed by atoms with Crippen LogP contribution in [0.4, 0.5) is 0 Å². The standard InChI is InChI=1S/C9H13N3O/c1-2-3-4-9(13)10-7-8-5-6-11-12-8/h2,5-6H,1,3-4,7H2,(H,10,13)(H,11,12). The van der Waals surface area contributed by atoms with E-state index in [4.69, 9.17) is 0 Å². The van der Waals surface area contributed by atoms with Crippen molar-refractivity contribution in [3.05, 3.63) is 30.6 Å². The zero-order valence-corrected chi connectivity index (χ0v) is 7.42. The molecule has 0 radical (unpaired) electrons. The fourth-order valence-electron chi connectivity index (χ4n) is 0.898. The number of nitrogens with one attached hydrogen (secondary N) is 2. The van der Waals surface area contributed by atoms with E-state index in [1.165, 1.54) is 0 Å². The lowest BCUT2D eigenvalue weighted by Gasteiger charge is -2.00. The van der Waals surface area contributed by atoms with E-state index in [0.717, 1.165) is 12.1 Å². The topological polar surface area (TPSA) is 57.8 Å². The van der Waals surface area contributed by atoms with Gasteiger partial charge in [-0.1, -0.05) is 6.08 Å². The van der Waals surface area contributed by atoms with Gasteiger partial charge in [0, 0.05) is 12.6 Å². The number of nitrogens with zero attached hydrogens (tertiary/aromatic N) is 1. The molecule has 1 aromatic rings. The summed E-state index contributed by atoms with van der Waals surface area (Å²) in [7, 11) is 0. The van der Waals surface area contributed by atoms with Crippen molar-refractivity contribution in [1.29, 1.82) is 0 Å². The Hall–Kier alpha value is -1.58. The zero-order chi connectivity index (χ0) is 9.52. The molecule has 2 N–H and O–H groups in total. The van der Waals surface area contributed by atoms with Gasteiger partial charge in [-0.15, -0.1) is 6.58 Å². The second-order valence-corrected chi connectivity index (χ2v) is 2.69. The number of amides is 1. The highest BCUT2D eigenvalue weighted by Crippen LogP contribution is 1.92. The molecule has 0 aliphatic rings. The zero-order valence-electron chi connectivity index (χ0n) is 7.42. The van der Waals surface area contributed by atoms with Crippen molar-refractivity contribution >= 4 is 5.91 Å². The third-order valence-corrected chi connectivity index (χ3v) is 1.61. The third kappa shape index (κ3) is 3.55. The normalized spacial score (nSPS) is 9.54. The van der Waals surface area contributed by atoms with E-state index in [0.29, 0.717) is 13.0 Å². The van der Waals surface area contributed by atoms with Gasteiger partial charge in [0.1, 0.15) is 0 Å². The fraction of sp³-hybridized carbons (Fsp3) is 0.333. The van der Waals surface area contributed by atoms with Gasteiger partial charge in [0.2, 0.25) is 5.91 Å². The van der Waals surface area contributed by atoms with Crippen LogP contribution in [0.25, 0.3) is 0 Å². The minimum absolute atomic E-state index is 0.0366. The first-order chi connectivity index (χ1) is 6.33. The molecule has 0 atom stereocenters. The minimum atomic E-state index is 0.0366. The van der Waals surface area contributed by atoms with Crippen molar-refractivity contribution in [2.45, 2.75) is 19.4 Å². The van der Waals surface area contributed by atoms with Gasteiger partial charge in [-0.25, -0.2) is 0 Å². The van der Waals surface area contributed by atoms with Crippen molar-refractivity contribution in [1.82, 2.24) is 15.5 Å². The lowest BCUT2D eigenvalue weighted by atomic mass is 10.3. The summed E-state index contributed by atoms with van der Waals surface area (Å²) in [5, 5.41) is 9.30. The number of allylic oxidation sites excluding steroid dienone is 1. The SMILES string of the molecule is C=CCCC(=O)NCc1ccn[nH]1. The Labute approximate surface area is 77.0 Å². The molecule has 1 heterocycles. The van der Waals surface area contributed by atoms with Gasteiger partial charge in [0.05, 0.1) is 12.2 Å². The number of carbonyl (C=O) groups excluding carboxylic acids is 1. The molecule has 1 amide bonds. The number of hydrogen-bond acceptors (Lipinski definition) is 2. The molecular weight excluding hydrogens is 166 g/mol. The summed E-state index contributed by atoms with van der Waals surface area (Å²) in [6.45, 7) is 4.06. The lowest BCUT2D eigenvalue weighted by molar-refractivity contribution is -0.121. The van der Waals surface area contributed by atoms with Crippen LogP contribution in [0, 0.1) is 0 Å². The van der Waals surface area contributed by atoms with Crippen molar-refractivity contribution in [3.8, 4) is 0 Å². The molecule has 0 aromatic carbocycles. The molecule has 4 heteroatoms. The van der Waals surface area contributed by atoms with Gasteiger partial charge in [0.15, 0.2) is 0 Å². The van der Waals surface area contributed by atoms with Crippen LogP contribution >= 0.6 is 0 Å². The molecule has 4 nitrogen and oxygen atoms in total. The maximum absolute atomic E-state index is 11.1. The van der Waals surface area contributed by atoms with Crippen LogP contribution in [0.1, 0.15) is 18.5 Å². The number of hydrogen-bond donors (Lipinski definition) is 2. The number of carbonyl (C=O) groups is 1. The molecule has 0 fully saturated rings. The van der Waals surface area contributed by atoms with Crippen LogP contribution in [0.15, 0.2) is 24.9 Å². The highest BCUT2D eigenvalue weighted by atomic mass is 16.1. The first-order valence-electron chi connectivity index (χ1n) is 4.19. The Balaban J connectivity index is 2.19. The van der Waals surface area contributed by atoms with Crippen LogP contribution in [-0.4, -0.2) is 16.1 Å². The van der Waals surface area contributed by atoms with Gasteiger partial charge in [-0.2, -0.15) is 5.10 Å². The molecule has 0 saturated heterocycles. The number of rotatable bonds is 5. The summed E-state index contributed by atoms with van der Waals surface area (Å²) < 4.78 is 0. The summed E-state index contributed by atoms with van der Waals surface area (Å²) in [5.41, 5.74) is 0.909. The molecule has 0 bridgehead atoms. The van der Waals surface area contributed by atoms with Gasteiger partial charge < -0.3 is 5.32 Å². The fourth-order valence-corrected chi connectivity index (χ4v) is 0.898. The molecule has 1 rings (SSSR count). The molecular formula is C9H13N3O. The quantitative estimate of drug-likeness (QED) is 0.662. The first-order valence-corrected chi connectivity index (χ1v) is 4.19. The van der Waals surface area contributed by atoms with Crippen molar-refractivity contribution in [2.24, 2.45) is 0 Å². The Morgan fingerprint density at radius 1 is 1.77 bits per heavy atom. The second-order valence-electron chi connectivity index (χ2n) is 2.69. The Morgan fingerprint density at radius 3 is 3.23 bits per heavy atom. The second kappa shape index (κ2) is 5.13. The van der Waals surface area contributed by atoms with Crippen LogP contribution in [0.3, 0.4) is 0 Å². The summed E-state index contributed by atoms with van der Waals surface area (Å²) >= 11 is 0. The van der Waals surface area contributed by atoms with Gasteiger partial charge >= 0.3 is 0 Å². The molecule has 13 heavy (non-hydrogen) atoms. The predicted octanol–water partition coefficient (Wildman–Crippen LogP) is 0.992. The van der Waals surface area contributed by atoms with E-state index < -0.39 is 0 Å². The molecule has 0 saturated carbocycles. The van der Waals surface area contributed by atoms with Crippen LogP contribution in [-0.2, 0) is 11.3 Å². The molecule has 70 valence electrons. The van der Waals surface area contributed by atoms with Gasteiger partial charge in [-0.05, 0) is 12.5 Å². The van der Waals surface area contributed by atoms with E-state index in [1.807, 2.05) is 6.07 Å². The van der Waals surface area contributed by atoms with E-state index >= 15 is 0 Å². The minimum Gasteiger partial charge on any atom is -0.350 e. The van der Waals surface area contributed by atoms with Gasteiger partial charge in [0.25, 0.3) is 0 Å². The molecule has 0 aliphatic carbocycles.